The van der Waals surface area contributed by atoms with Crippen LogP contribution >= 0.6 is 0 Å². The molecule has 1 heterocycles. The summed E-state index contributed by atoms with van der Waals surface area (Å²) in [5.41, 5.74) is 0.253. The lowest BCUT2D eigenvalue weighted by Gasteiger charge is -2.41. The first-order valence-electron chi connectivity index (χ1n) is 7.95. The predicted octanol–water partition coefficient (Wildman–Crippen LogP) is -2.39. The monoisotopic (exact) mass is 376 g/mol. The van der Waals surface area contributed by atoms with E-state index in [1.54, 1.807) is 0 Å². The highest BCUT2D eigenvalue weighted by molar-refractivity contribution is 5.42. The number of methoxy groups -OCH3 is 1. The molecular weight excluding hydrogens is 352 g/mol. The topological polar surface area (TPSA) is 169 Å². The zero-order chi connectivity index (χ0) is 19.4. The first-order chi connectivity index (χ1) is 12.3. The van der Waals surface area contributed by atoms with Crippen molar-refractivity contribution in [2.75, 3.05) is 20.3 Å². The summed E-state index contributed by atoms with van der Waals surface area (Å²) in [5.74, 6) is -0.0371. The molecule has 7 atom stereocenters. The summed E-state index contributed by atoms with van der Waals surface area (Å²) in [7, 11) is 1.33. The largest absolute Gasteiger partial charge is 0.504 e. The molecule has 0 bridgehead atoms. The molecule has 1 saturated heterocycles. The molecule has 1 aromatic rings. The molecule has 1 fully saturated rings. The van der Waals surface area contributed by atoms with E-state index in [0.717, 1.165) is 0 Å². The Bertz CT molecular complexity index is 580. The van der Waals surface area contributed by atoms with Crippen molar-refractivity contribution >= 4 is 0 Å². The van der Waals surface area contributed by atoms with E-state index in [-0.39, 0.29) is 17.1 Å². The third-order valence-corrected chi connectivity index (χ3v) is 4.23. The molecule has 0 aliphatic carbocycles. The van der Waals surface area contributed by atoms with Gasteiger partial charge in [0.15, 0.2) is 17.8 Å². The molecule has 0 aromatic heterocycles. The minimum absolute atomic E-state index is 0.103. The number of hydrogen-bond acceptors (Lipinski definition) is 10. The number of hydrogen-bond donors (Lipinski definition) is 7. The van der Waals surface area contributed by atoms with E-state index in [1.165, 1.54) is 25.3 Å². The van der Waals surface area contributed by atoms with E-state index in [4.69, 9.17) is 14.2 Å². The SMILES string of the molecule is COc1cc(C(O)C(CO)OC2OC(CO)C(O)C(O)C2O)ccc1O. The van der Waals surface area contributed by atoms with Crippen LogP contribution in [0, 0.1) is 0 Å². The average Bonchev–Trinajstić information content (AvgIpc) is 2.65. The smallest absolute Gasteiger partial charge is 0.187 e. The van der Waals surface area contributed by atoms with Gasteiger partial charge in [-0.2, -0.15) is 0 Å². The third-order valence-electron chi connectivity index (χ3n) is 4.23. The van der Waals surface area contributed by atoms with E-state index >= 15 is 0 Å². The summed E-state index contributed by atoms with van der Waals surface area (Å²) in [6, 6.07) is 4.03. The Morgan fingerprint density at radius 1 is 1.12 bits per heavy atom. The van der Waals surface area contributed by atoms with Gasteiger partial charge in [0.2, 0.25) is 0 Å². The lowest BCUT2D eigenvalue weighted by Crippen LogP contribution is -2.60. The fourth-order valence-electron chi connectivity index (χ4n) is 2.66. The summed E-state index contributed by atoms with van der Waals surface area (Å²) in [5, 5.41) is 68.2. The van der Waals surface area contributed by atoms with Crippen LogP contribution in [0.1, 0.15) is 11.7 Å². The van der Waals surface area contributed by atoms with Crippen LogP contribution in [0.5, 0.6) is 11.5 Å². The van der Waals surface area contributed by atoms with Crippen molar-refractivity contribution in [1.82, 2.24) is 0 Å². The molecule has 1 aliphatic rings. The summed E-state index contributed by atoms with van der Waals surface area (Å²) in [4.78, 5) is 0. The molecule has 0 saturated carbocycles. The van der Waals surface area contributed by atoms with Crippen LogP contribution in [0.25, 0.3) is 0 Å². The molecule has 7 unspecified atom stereocenters. The maximum absolute atomic E-state index is 10.4. The Kier molecular flexibility index (Phi) is 7.15. The van der Waals surface area contributed by atoms with Crippen molar-refractivity contribution in [2.45, 2.75) is 42.9 Å². The van der Waals surface area contributed by atoms with Crippen molar-refractivity contribution in [1.29, 1.82) is 0 Å². The van der Waals surface area contributed by atoms with Gasteiger partial charge in [0.05, 0.1) is 20.3 Å². The van der Waals surface area contributed by atoms with Crippen LogP contribution in [0.4, 0.5) is 0 Å². The number of aromatic hydroxyl groups is 1. The first-order valence-corrected chi connectivity index (χ1v) is 7.95. The molecule has 10 nitrogen and oxygen atoms in total. The summed E-state index contributed by atoms with van der Waals surface area (Å²) in [6.07, 6.45) is -10.2. The second-order valence-electron chi connectivity index (χ2n) is 5.93. The van der Waals surface area contributed by atoms with Crippen molar-refractivity contribution in [3.05, 3.63) is 23.8 Å². The van der Waals surface area contributed by atoms with E-state index in [2.05, 4.69) is 0 Å². The summed E-state index contributed by atoms with van der Waals surface area (Å²) < 4.78 is 15.5. The van der Waals surface area contributed by atoms with Crippen molar-refractivity contribution in [3.8, 4) is 11.5 Å². The molecule has 1 aliphatic heterocycles. The molecule has 0 spiro atoms. The predicted molar refractivity (Wildman–Crippen MR) is 85.3 cm³/mol. The Hall–Kier alpha value is -1.50. The minimum atomic E-state index is -1.66. The highest BCUT2D eigenvalue weighted by atomic mass is 16.7. The number of rotatable bonds is 7. The highest BCUT2D eigenvalue weighted by Crippen LogP contribution is 2.32. The molecule has 0 amide bonds. The van der Waals surface area contributed by atoms with Gasteiger partial charge in [-0.05, 0) is 17.7 Å². The number of ether oxygens (including phenoxy) is 3. The molecule has 10 heteroatoms. The molecule has 1 aromatic carbocycles. The van der Waals surface area contributed by atoms with Crippen LogP contribution < -0.4 is 4.74 Å². The lowest BCUT2D eigenvalue weighted by atomic mass is 9.99. The number of aliphatic hydroxyl groups is 6. The number of benzene rings is 1. The van der Waals surface area contributed by atoms with Gasteiger partial charge >= 0.3 is 0 Å². The van der Waals surface area contributed by atoms with Gasteiger partial charge < -0.3 is 50.0 Å². The second kappa shape index (κ2) is 8.93. The Morgan fingerprint density at radius 2 is 1.81 bits per heavy atom. The second-order valence-corrected chi connectivity index (χ2v) is 5.93. The standard InChI is InChI=1S/C16H24O10/c1-24-9-4-7(2-3-8(9)19)12(20)10(5-17)25-16-15(23)14(22)13(21)11(6-18)26-16/h2-4,10-23H,5-6H2,1H3. The maximum atomic E-state index is 10.4. The van der Waals surface area contributed by atoms with E-state index in [9.17, 15) is 35.7 Å². The van der Waals surface area contributed by atoms with Crippen molar-refractivity contribution in [3.63, 3.8) is 0 Å². The number of aliphatic hydroxyl groups excluding tert-OH is 6. The van der Waals surface area contributed by atoms with Crippen molar-refractivity contribution in [2.24, 2.45) is 0 Å². The van der Waals surface area contributed by atoms with Gasteiger partial charge in [0.25, 0.3) is 0 Å². The molecular formula is C16H24O10. The van der Waals surface area contributed by atoms with Crippen LogP contribution in [-0.4, -0.2) is 92.9 Å². The molecule has 0 radical (unpaired) electrons. The van der Waals surface area contributed by atoms with Gasteiger partial charge in [0.1, 0.15) is 36.6 Å². The minimum Gasteiger partial charge on any atom is -0.504 e. The Morgan fingerprint density at radius 3 is 2.38 bits per heavy atom. The van der Waals surface area contributed by atoms with Gasteiger partial charge in [-0.1, -0.05) is 6.07 Å². The third kappa shape index (κ3) is 4.24. The normalized spacial score (nSPS) is 31.4. The summed E-state index contributed by atoms with van der Waals surface area (Å²) >= 11 is 0. The lowest BCUT2D eigenvalue weighted by molar-refractivity contribution is -0.319. The number of phenolic OH excluding ortho intramolecular Hbond substituents is 1. The van der Waals surface area contributed by atoms with Gasteiger partial charge in [-0.15, -0.1) is 0 Å². The van der Waals surface area contributed by atoms with Crippen LogP contribution in [0.3, 0.4) is 0 Å². The zero-order valence-corrected chi connectivity index (χ0v) is 14.0. The molecule has 26 heavy (non-hydrogen) atoms. The number of phenols is 1. The maximum Gasteiger partial charge on any atom is 0.187 e. The molecule has 2 rings (SSSR count). The van der Waals surface area contributed by atoms with Gasteiger partial charge in [-0.25, -0.2) is 0 Å². The fourth-order valence-corrected chi connectivity index (χ4v) is 2.66. The molecule has 7 N–H and O–H groups in total. The summed E-state index contributed by atoms with van der Waals surface area (Å²) in [6.45, 7) is -1.30. The fraction of sp³-hybridized carbons (Fsp3) is 0.625. The Balaban J connectivity index is 2.15. The van der Waals surface area contributed by atoms with E-state index in [1.807, 2.05) is 0 Å². The van der Waals surface area contributed by atoms with Crippen LogP contribution in [-0.2, 0) is 9.47 Å². The van der Waals surface area contributed by atoms with E-state index in [0.29, 0.717) is 0 Å². The van der Waals surface area contributed by atoms with Crippen LogP contribution in [0.15, 0.2) is 18.2 Å². The first kappa shape index (κ1) is 20.8. The quantitative estimate of drug-likeness (QED) is 0.272. The average molecular weight is 376 g/mol. The van der Waals surface area contributed by atoms with Gasteiger partial charge in [-0.3, -0.25) is 0 Å². The molecule has 148 valence electrons. The highest BCUT2D eigenvalue weighted by Gasteiger charge is 2.45. The van der Waals surface area contributed by atoms with Crippen molar-refractivity contribution < 1.29 is 50.0 Å². The van der Waals surface area contributed by atoms with Gasteiger partial charge in [0, 0.05) is 0 Å². The van der Waals surface area contributed by atoms with E-state index < -0.39 is 56.1 Å². The van der Waals surface area contributed by atoms with Crippen LogP contribution in [0.2, 0.25) is 0 Å². The zero-order valence-electron chi connectivity index (χ0n) is 14.0. The Labute approximate surface area is 149 Å².